The van der Waals surface area contributed by atoms with Gasteiger partial charge in [-0.2, -0.15) is 0 Å². The first-order chi connectivity index (χ1) is 16.4. The number of anilines is 1. The fourth-order valence-corrected chi connectivity index (χ4v) is 3.96. The van der Waals surface area contributed by atoms with Crippen molar-refractivity contribution in [2.24, 2.45) is 0 Å². The minimum atomic E-state index is -1.22. The van der Waals surface area contributed by atoms with Crippen LogP contribution >= 0.6 is 0 Å². The van der Waals surface area contributed by atoms with Crippen LogP contribution < -0.4 is 20.2 Å². The van der Waals surface area contributed by atoms with Crippen molar-refractivity contribution >= 4 is 40.2 Å². The summed E-state index contributed by atoms with van der Waals surface area (Å²) in [5.41, 5.74) is 2.88. The van der Waals surface area contributed by atoms with Crippen molar-refractivity contribution in [3.8, 4) is 11.5 Å². The number of benzene rings is 2. The van der Waals surface area contributed by atoms with Crippen LogP contribution in [0.3, 0.4) is 0 Å². The van der Waals surface area contributed by atoms with Crippen LogP contribution in [0.4, 0.5) is 5.69 Å². The lowest BCUT2D eigenvalue weighted by molar-refractivity contribution is -0.131. The Morgan fingerprint density at radius 1 is 1.18 bits per heavy atom. The first-order valence-electron chi connectivity index (χ1n) is 10.7. The molecule has 1 aliphatic rings. The maximum Gasteiger partial charge on any atom is 0.328 e. The Kier molecular flexibility index (Phi) is 6.49. The molecule has 0 saturated carbocycles. The maximum atomic E-state index is 13.1. The molecule has 0 saturated heterocycles. The number of hydrogen-bond donors (Lipinski definition) is 2. The predicted octanol–water partition coefficient (Wildman–Crippen LogP) is 4.27. The number of rotatable bonds is 7. The summed E-state index contributed by atoms with van der Waals surface area (Å²) in [5, 5.41) is 11.6. The van der Waals surface area contributed by atoms with Crippen molar-refractivity contribution in [2.75, 3.05) is 19.0 Å². The predicted molar refractivity (Wildman–Crippen MR) is 128 cm³/mol. The molecule has 1 aliphatic carbocycles. The molecule has 4 rings (SSSR count). The zero-order valence-electron chi connectivity index (χ0n) is 18.7. The third kappa shape index (κ3) is 4.56. The highest BCUT2D eigenvalue weighted by Gasteiger charge is 2.25. The van der Waals surface area contributed by atoms with E-state index < -0.39 is 11.9 Å². The van der Waals surface area contributed by atoms with Crippen LogP contribution in [-0.2, 0) is 16.0 Å². The Bertz CT molecular complexity index is 1400. The highest BCUT2D eigenvalue weighted by Crippen LogP contribution is 2.38. The lowest BCUT2D eigenvalue weighted by Crippen LogP contribution is -2.11. The topological polar surface area (TPSA) is 115 Å². The van der Waals surface area contributed by atoms with Crippen LogP contribution in [0.2, 0.25) is 0 Å². The van der Waals surface area contributed by atoms with Gasteiger partial charge in [-0.05, 0) is 49.6 Å². The van der Waals surface area contributed by atoms with Crippen LogP contribution in [0, 0.1) is 0 Å². The number of fused-ring (bicyclic) bond motifs is 2. The molecule has 0 aliphatic heterocycles. The number of carboxylic acids is 1. The Morgan fingerprint density at radius 3 is 2.74 bits per heavy atom. The second-order valence-electron chi connectivity index (χ2n) is 7.59. The first-order valence-corrected chi connectivity index (χ1v) is 10.7. The largest absolute Gasteiger partial charge is 0.492 e. The van der Waals surface area contributed by atoms with E-state index in [2.05, 4.69) is 5.32 Å². The molecule has 0 radical (unpaired) electrons. The molecular formula is C26H23NO7. The first kappa shape index (κ1) is 22.8. The summed E-state index contributed by atoms with van der Waals surface area (Å²) in [5.74, 6) is -0.0802. The Morgan fingerprint density at radius 2 is 2.00 bits per heavy atom. The lowest BCUT2D eigenvalue weighted by Gasteiger charge is -2.12. The van der Waals surface area contributed by atoms with Crippen molar-refractivity contribution in [3.63, 3.8) is 0 Å². The number of ether oxygens (including phenoxy) is 2. The second-order valence-corrected chi connectivity index (χ2v) is 7.59. The van der Waals surface area contributed by atoms with Crippen LogP contribution in [0.25, 0.3) is 22.6 Å². The summed E-state index contributed by atoms with van der Waals surface area (Å²) in [6, 6.07) is 10.3. The molecule has 2 aromatic carbocycles. The number of carbonyl (C=O) groups is 2. The number of para-hydroxylation sites is 1. The van der Waals surface area contributed by atoms with Gasteiger partial charge in [0.05, 0.1) is 19.1 Å². The van der Waals surface area contributed by atoms with E-state index in [4.69, 9.17) is 19.0 Å². The number of hydrogen-bond acceptors (Lipinski definition) is 6. The number of methoxy groups -OCH3 is 1. The monoisotopic (exact) mass is 461 g/mol. The number of carboxylic acid groups (broad SMARTS) is 1. The molecule has 3 aromatic rings. The molecule has 2 N–H and O–H groups in total. The fourth-order valence-electron chi connectivity index (χ4n) is 3.96. The molecule has 0 atom stereocenters. The third-order valence-corrected chi connectivity index (χ3v) is 5.41. The maximum absolute atomic E-state index is 13.1. The standard InChI is InChI=1S/C26H23NO7/c1-3-33-20-6-4-5-15(26(20)32-2)13-16-7-9-19-24(31)18-10-8-17(14-21(18)34-25(16)19)27-22(28)11-12-23(29)30/h4-6,8,10-14H,3,7,9H2,1-2H3,(H,27,28)(H,29,30)/b12-11+,16-13-. The van der Waals surface area contributed by atoms with Crippen molar-refractivity contribution in [2.45, 2.75) is 19.8 Å². The van der Waals surface area contributed by atoms with E-state index in [0.717, 1.165) is 23.3 Å². The summed E-state index contributed by atoms with van der Waals surface area (Å²) in [6.45, 7) is 2.40. The Labute approximate surface area is 195 Å². The van der Waals surface area contributed by atoms with Crippen molar-refractivity contribution < 1.29 is 28.6 Å². The van der Waals surface area contributed by atoms with Gasteiger partial charge in [0.25, 0.3) is 0 Å². The minimum Gasteiger partial charge on any atom is -0.492 e. The normalized spacial score (nSPS) is 13.9. The van der Waals surface area contributed by atoms with Gasteiger partial charge < -0.3 is 24.3 Å². The van der Waals surface area contributed by atoms with Gasteiger partial charge in [0.1, 0.15) is 11.3 Å². The van der Waals surface area contributed by atoms with Crippen molar-refractivity contribution in [1.29, 1.82) is 0 Å². The molecule has 0 bridgehead atoms. The lowest BCUT2D eigenvalue weighted by atomic mass is 10.1. The van der Waals surface area contributed by atoms with Gasteiger partial charge in [-0.3, -0.25) is 9.59 Å². The molecule has 0 unspecified atom stereocenters. The summed E-state index contributed by atoms with van der Waals surface area (Å²) >= 11 is 0. The highest BCUT2D eigenvalue weighted by atomic mass is 16.5. The average molecular weight is 461 g/mol. The molecular weight excluding hydrogens is 438 g/mol. The molecule has 1 aromatic heterocycles. The van der Waals surface area contributed by atoms with E-state index in [9.17, 15) is 14.4 Å². The number of allylic oxidation sites excluding steroid dienone is 1. The van der Waals surface area contributed by atoms with Gasteiger partial charge >= 0.3 is 5.97 Å². The number of aliphatic carboxylic acids is 1. The molecule has 174 valence electrons. The van der Waals surface area contributed by atoms with Gasteiger partial charge in [0.2, 0.25) is 5.91 Å². The van der Waals surface area contributed by atoms with E-state index in [1.165, 1.54) is 0 Å². The van der Waals surface area contributed by atoms with Gasteiger partial charge in [-0.25, -0.2) is 4.79 Å². The Hall–Kier alpha value is -4.33. The number of amides is 1. The van der Waals surface area contributed by atoms with Crippen LogP contribution in [0.15, 0.2) is 57.8 Å². The molecule has 0 spiro atoms. The molecule has 8 nitrogen and oxygen atoms in total. The van der Waals surface area contributed by atoms with Crippen molar-refractivity contribution in [1.82, 2.24) is 0 Å². The van der Waals surface area contributed by atoms with Crippen LogP contribution in [0.5, 0.6) is 11.5 Å². The third-order valence-electron chi connectivity index (χ3n) is 5.41. The zero-order chi connectivity index (χ0) is 24.2. The van der Waals surface area contributed by atoms with Gasteiger partial charge in [-0.1, -0.05) is 12.1 Å². The van der Waals surface area contributed by atoms with Gasteiger partial charge in [0.15, 0.2) is 16.9 Å². The number of carbonyl (C=O) groups excluding carboxylic acids is 1. The SMILES string of the molecule is CCOc1cccc(/C=C2/CCc3c2oc2cc(NC(=O)/C=C/C(=O)O)ccc2c3=O)c1OC. The van der Waals surface area contributed by atoms with E-state index >= 15 is 0 Å². The smallest absolute Gasteiger partial charge is 0.328 e. The zero-order valence-corrected chi connectivity index (χ0v) is 18.7. The van der Waals surface area contributed by atoms with E-state index in [0.29, 0.717) is 58.9 Å². The number of nitrogens with one attached hydrogen (secondary N) is 1. The van der Waals surface area contributed by atoms with Crippen LogP contribution in [-0.4, -0.2) is 30.7 Å². The van der Waals surface area contributed by atoms with Crippen molar-refractivity contribution in [3.05, 3.63) is 75.7 Å². The summed E-state index contributed by atoms with van der Waals surface area (Å²) < 4.78 is 17.4. The molecule has 34 heavy (non-hydrogen) atoms. The van der Waals surface area contributed by atoms with Gasteiger partial charge in [-0.15, -0.1) is 0 Å². The molecule has 1 heterocycles. The summed E-state index contributed by atoms with van der Waals surface area (Å²) in [6.07, 6.45) is 4.79. The van der Waals surface area contributed by atoms with E-state index in [1.807, 2.05) is 31.2 Å². The molecule has 0 fully saturated rings. The minimum absolute atomic E-state index is 0.113. The molecule has 8 heteroatoms. The van der Waals surface area contributed by atoms with E-state index in [1.54, 1.807) is 25.3 Å². The summed E-state index contributed by atoms with van der Waals surface area (Å²) in [4.78, 5) is 35.6. The molecule has 1 amide bonds. The second kappa shape index (κ2) is 9.66. The fraction of sp³-hybridized carbons (Fsp3) is 0.192. The van der Waals surface area contributed by atoms with E-state index in [-0.39, 0.29) is 5.43 Å². The average Bonchev–Trinajstić information content (AvgIpc) is 3.21. The van der Waals surface area contributed by atoms with Crippen LogP contribution in [0.1, 0.15) is 30.2 Å². The quantitative estimate of drug-likeness (QED) is 0.505. The summed E-state index contributed by atoms with van der Waals surface area (Å²) in [7, 11) is 1.58. The van der Waals surface area contributed by atoms with Gasteiger partial charge in [0, 0.05) is 35.0 Å². The Balaban J connectivity index is 1.74. The highest BCUT2D eigenvalue weighted by molar-refractivity contribution is 6.03.